The summed E-state index contributed by atoms with van der Waals surface area (Å²) in [7, 11) is 0. The van der Waals surface area contributed by atoms with Crippen molar-refractivity contribution in [3.8, 4) is 0 Å². The fourth-order valence-electron chi connectivity index (χ4n) is 12.4. The van der Waals surface area contributed by atoms with Crippen molar-refractivity contribution < 1.29 is 29.6 Å². The van der Waals surface area contributed by atoms with Crippen LogP contribution in [0.5, 0.6) is 0 Å². The van der Waals surface area contributed by atoms with Crippen molar-refractivity contribution >= 4 is 34.5 Å². The van der Waals surface area contributed by atoms with E-state index in [1.165, 1.54) is 6.92 Å². The van der Waals surface area contributed by atoms with E-state index in [0.717, 1.165) is 69.8 Å². The highest BCUT2D eigenvalue weighted by Gasteiger charge is 2.75. The van der Waals surface area contributed by atoms with E-state index in [1.807, 2.05) is 0 Å². The number of aliphatic hydroxyl groups excluding tert-OH is 3. The molecule has 5 aliphatic rings. The van der Waals surface area contributed by atoms with Crippen LogP contribution in [0.1, 0.15) is 113 Å². The molecule has 5 saturated carbocycles. The number of amides is 1. The van der Waals surface area contributed by atoms with Gasteiger partial charge in [-0.25, -0.2) is 0 Å². The maximum Gasteiger partial charge on any atom is 0.302 e. The van der Waals surface area contributed by atoms with Gasteiger partial charge in [-0.15, -0.1) is 0 Å². The Hall–Kier alpha value is -0.710. The number of carbonyl (C=O) groups excluding carboxylic acids is 2. The summed E-state index contributed by atoms with van der Waals surface area (Å²) >= 11 is 2.79. The predicted molar refractivity (Wildman–Crippen MR) is 180 cm³/mol. The first-order valence-corrected chi connectivity index (χ1v) is 18.1. The maximum atomic E-state index is 14.4. The zero-order valence-corrected chi connectivity index (χ0v) is 30.4. The molecule has 0 aromatic heterocycles. The van der Waals surface area contributed by atoms with E-state index in [9.17, 15) is 24.9 Å². The van der Waals surface area contributed by atoms with Crippen molar-refractivity contribution in [2.75, 3.05) is 19.8 Å². The third-order valence-electron chi connectivity index (χ3n) is 15.3. The van der Waals surface area contributed by atoms with E-state index in [1.54, 1.807) is 0 Å². The first kappa shape index (κ1) is 34.6. The fraction of sp³-hybridized carbons (Fsp3) is 0.889. The summed E-state index contributed by atoms with van der Waals surface area (Å²) in [5.41, 5.74) is -0.806. The number of rotatable bonds is 7. The molecule has 0 heterocycles. The van der Waals surface area contributed by atoms with Crippen LogP contribution in [0.3, 0.4) is 0 Å². The lowest BCUT2D eigenvalue weighted by Gasteiger charge is -2.75. The van der Waals surface area contributed by atoms with Crippen LogP contribution >= 0.6 is 22.6 Å². The van der Waals surface area contributed by atoms with Crippen molar-refractivity contribution in [2.24, 2.45) is 50.7 Å². The molecule has 5 aliphatic carbocycles. The molecule has 0 aromatic carbocycles. The van der Waals surface area contributed by atoms with Gasteiger partial charge in [-0.05, 0) is 111 Å². The number of ether oxygens (including phenoxy) is 1. The Morgan fingerprint density at radius 3 is 2.02 bits per heavy atom. The van der Waals surface area contributed by atoms with Crippen LogP contribution in [0.15, 0.2) is 12.2 Å². The van der Waals surface area contributed by atoms with Crippen molar-refractivity contribution in [3.05, 3.63) is 12.2 Å². The van der Waals surface area contributed by atoms with Crippen molar-refractivity contribution in [1.29, 1.82) is 0 Å². The Morgan fingerprint density at radius 2 is 1.45 bits per heavy atom. The summed E-state index contributed by atoms with van der Waals surface area (Å²) in [5, 5.41) is 33.1. The van der Waals surface area contributed by atoms with E-state index in [4.69, 9.17) is 4.74 Å². The topological polar surface area (TPSA) is 116 Å². The van der Waals surface area contributed by atoms with Gasteiger partial charge in [-0.2, -0.15) is 0 Å². The van der Waals surface area contributed by atoms with Gasteiger partial charge in [0.25, 0.3) is 0 Å². The molecule has 1 unspecified atom stereocenters. The SMILES string of the molecule is C=C(C)[C@@H]1CC[C@]2(C(=O)NC(CO)(CO)CO)CC[C@]3(C)[C@H](CC[C@@H]4[C@@]5(C)CC[C@H](OC(C)=O)C(C)(C)C5(I)CC[C@]43C)[C@@H]12. The number of halogens is 1. The lowest BCUT2D eigenvalue weighted by atomic mass is 9.32. The Bertz CT molecular complexity index is 1180. The molecule has 4 N–H and O–H groups in total. The fourth-order valence-corrected chi connectivity index (χ4v) is 13.6. The first-order valence-electron chi connectivity index (χ1n) is 17.1. The van der Waals surface area contributed by atoms with E-state index in [0.29, 0.717) is 11.8 Å². The Kier molecular flexibility index (Phi) is 8.80. The summed E-state index contributed by atoms with van der Waals surface area (Å²) in [6, 6.07) is 0. The van der Waals surface area contributed by atoms with Gasteiger partial charge in [-0.3, -0.25) is 9.59 Å². The van der Waals surface area contributed by atoms with Crippen LogP contribution in [0.2, 0.25) is 0 Å². The zero-order valence-electron chi connectivity index (χ0n) is 28.2. The molecule has 0 spiro atoms. The molecular weight excluding hydrogens is 669 g/mol. The number of carbonyl (C=O) groups is 2. The minimum Gasteiger partial charge on any atom is -0.462 e. The molecule has 1 amide bonds. The highest BCUT2D eigenvalue weighted by atomic mass is 127. The molecule has 7 nitrogen and oxygen atoms in total. The normalized spacial score (nSPS) is 46.1. The number of fused-ring (bicyclic) bond motifs is 7. The first-order chi connectivity index (χ1) is 20.4. The Labute approximate surface area is 278 Å². The average Bonchev–Trinajstić information content (AvgIpc) is 3.37. The highest BCUT2D eigenvalue weighted by molar-refractivity contribution is 14.1. The van der Waals surface area contributed by atoms with Crippen LogP contribution in [-0.4, -0.2) is 62.1 Å². The Balaban J connectivity index is 1.53. The van der Waals surface area contributed by atoms with Crippen LogP contribution < -0.4 is 5.32 Å². The van der Waals surface area contributed by atoms with Gasteiger partial charge in [0.2, 0.25) is 5.91 Å². The van der Waals surface area contributed by atoms with E-state index >= 15 is 0 Å². The number of alkyl halides is 1. The summed E-state index contributed by atoms with van der Waals surface area (Å²) in [5.74, 6) is 0.961. The predicted octanol–water partition coefficient (Wildman–Crippen LogP) is 5.97. The molecule has 0 aromatic rings. The van der Waals surface area contributed by atoms with Gasteiger partial charge in [0.05, 0.1) is 25.2 Å². The molecule has 5 fully saturated rings. The van der Waals surface area contributed by atoms with Crippen molar-refractivity contribution in [3.63, 3.8) is 0 Å². The second-order valence-electron chi connectivity index (χ2n) is 17.0. The standard InChI is InChI=1S/C36H58INO6/c1-22(2)24-11-14-35(29(43)38-34(19-39,20-40)21-41)17-15-31(6)25(28(24)35)9-10-26-32(31,7)16-18-36(37)30(4,5)27(44-23(3)42)12-13-33(26,36)8/h24-28,39-41H,1,9-21H2,2-8H3,(H,38,43)/t24-,25+,26-,27-,28+,31+,32+,33+,35-,36?/m0/s1. The smallest absolute Gasteiger partial charge is 0.302 e. The molecular formula is C36H58INO6. The minimum atomic E-state index is -1.43. The second-order valence-corrected chi connectivity index (χ2v) is 18.9. The van der Waals surface area contributed by atoms with Gasteiger partial charge in [0.1, 0.15) is 11.6 Å². The molecule has 10 atom stereocenters. The Morgan fingerprint density at radius 1 is 0.841 bits per heavy atom. The second kappa shape index (κ2) is 11.2. The molecule has 250 valence electrons. The van der Waals surface area contributed by atoms with Gasteiger partial charge in [0, 0.05) is 15.8 Å². The van der Waals surface area contributed by atoms with Crippen LogP contribution in [0.25, 0.3) is 0 Å². The van der Waals surface area contributed by atoms with Crippen LogP contribution in [0, 0.1) is 50.7 Å². The molecule has 0 saturated heterocycles. The van der Waals surface area contributed by atoms with Crippen LogP contribution in [-0.2, 0) is 14.3 Å². The molecule has 0 radical (unpaired) electrons. The van der Waals surface area contributed by atoms with Gasteiger partial charge < -0.3 is 25.4 Å². The summed E-state index contributed by atoms with van der Waals surface area (Å²) < 4.78 is 5.97. The number of nitrogens with one attached hydrogen (secondary N) is 1. The number of esters is 1. The molecule has 0 bridgehead atoms. The third kappa shape index (κ3) is 4.41. The lowest BCUT2D eigenvalue weighted by Crippen LogP contribution is -2.72. The summed E-state index contributed by atoms with van der Waals surface area (Å²) in [6.45, 7) is 18.9. The average molecular weight is 728 g/mol. The zero-order chi connectivity index (χ0) is 32.7. The van der Waals surface area contributed by atoms with Gasteiger partial charge in [-0.1, -0.05) is 69.4 Å². The maximum absolute atomic E-state index is 14.4. The van der Waals surface area contributed by atoms with E-state index in [2.05, 4.69) is 76.0 Å². The minimum absolute atomic E-state index is 0.00236. The number of aliphatic hydroxyl groups is 3. The number of hydrogen-bond acceptors (Lipinski definition) is 6. The summed E-state index contributed by atoms with van der Waals surface area (Å²) in [6.07, 6.45) is 9.69. The largest absolute Gasteiger partial charge is 0.462 e. The quantitative estimate of drug-likeness (QED) is 0.111. The van der Waals surface area contributed by atoms with Crippen molar-refractivity contribution in [2.45, 2.75) is 128 Å². The molecule has 8 heteroatoms. The highest BCUT2D eigenvalue weighted by Crippen LogP contribution is 2.79. The molecule has 44 heavy (non-hydrogen) atoms. The van der Waals surface area contributed by atoms with Gasteiger partial charge >= 0.3 is 5.97 Å². The third-order valence-corrected chi connectivity index (χ3v) is 18.4. The number of allylic oxidation sites excluding steroid dienone is 1. The van der Waals surface area contributed by atoms with Crippen molar-refractivity contribution in [1.82, 2.24) is 5.32 Å². The molecule has 0 aliphatic heterocycles. The van der Waals surface area contributed by atoms with E-state index in [-0.39, 0.29) is 54.9 Å². The lowest BCUT2D eigenvalue weighted by molar-refractivity contribution is -0.236. The van der Waals surface area contributed by atoms with Crippen LogP contribution in [0.4, 0.5) is 0 Å². The monoisotopic (exact) mass is 727 g/mol. The summed E-state index contributed by atoms with van der Waals surface area (Å²) in [4.78, 5) is 26.4. The number of hydrogen-bond donors (Lipinski definition) is 4. The molecule has 5 rings (SSSR count). The van der Waals surface area contributed by atoms with Gasteiger partial charge in [0.15, 0.2) is 0 Å². The van der Waals surface area contributed by atoms with E-state index < -0.39 is 30.8 Å².